The molecule has 0 aromatic rings. The molecule has 6 nitrogen and oxygen atoms in total. The smallest absolute Gasteiger partial charge is 0.325 e. The van der Waals surface area contributed by atoms with Crippen molar-refractivity contribution in [2.45, 2.75) is 103 Å². The van der Waals surface area contributed by atoms with Crippen molar-refractivity contribution in [1.29, 1.82) is 0 Å². The van der Waals surface area contributed by atoms with E-state index >= 15 is 0 Å². The lowest BCUT2D eigenvalue weighted by Gasteiger charge is -2.09. The Bertz CT molecular complexity index is 375. The second kappa shape index (κ2) is 25.5. The third kappa shape index (κ3) is 23.6. The van der Waals surface area contributed by atoms with Gasteiger partial charge in [-0.1, -0.05) is 90.4 Å². The summed E-state index contributed by atoms with van der Waals surface area (Å²) < 4.78 is 5.09. The Morgan fingerprint density at radius 2 is 1.21 bits per heavy atom. The van der Waals surface area contributed by atoms with E-state index < -0.39 is 17.9 Å². The average Bonchev–Trinajstić information content (AvgIpc) is 2.68. The second-order valence-electron chi connectivity index (χ2n) is 7.38. The number of halogens is 2. The van der Waals surface area contributed by atoms with E-state index in [1.807, 2.05) is 0 Å². The van der Waals surface area contributed by atoms with Gasteiger partial charge in [0.1, 0.15) is 6.54 Å². The van der Waals surface area contributed by atoms with Crippen LogP contribution in [0.15, 0.2) is 0 Å². The summed E-state index contributed by atoms with van der Waals surface area (Å²) in [6, 6.07) is -0.774. The predicted octanol–water partition coefficient (Wildman–Crippen LogP) is 4.26. The Morgan fingerprint density at radius 1 is 0.793 bits per heavy atom. The molecule has 0 radical (unpaired) electrons. The maximum Gasteiger partial charge on any atom is 0.325 e. The molecule has 0 bridgehead atoms. The molecule has 29 heavy (non-hydrogen) atoms. The highest BCUT2D eigenvalue weighted by Crippen LogP contribution is 2.12. The van der Waals surface area contributed by atoms with E-state index in [1.54, 1.807) is 0 Å². The Kier molecular flexibility index (Phi) is 29.1. The Labute approximate surface area is 190 Å². The summed E-state index contributed by atoms with van der Waals surface area (Å²) in [4.78, 5) is 22.9. The highest BCUT2D eigenvalue weighted by Gasteiger charge is 2.12. The number of unbranched alkanes of at least 4 members (excludes halogenated alkanes) is 13. The summed E-state index contributed by atoms with van der Waals surface area (Å²) in [5.41, 5.74) is 10.7. The van der Waals surface area contributed by atoms with Crippen molar-refractivity contribution in [2.24, 2.45) is 11.5 Å². The molecule has 0 aliphatic rings. The van der Waals surface area contributed by atoms with Crippen LogP contribution in [0.2, 0.25) is 0 Å². The number of rotatable bonds is 19. The molecule has 0 aliphatic heterocycles. The van der Waals surface area contributed by atoms with Gasteiger partial charge in [-0.2, -0.15) is 0 Å². The number of esters is 1. The lowest BCUT2D eigenvalue weighted by molar-refractivity contribution is -0.144. The van der Waals surface area contributed by atoms with Crippen LogP contribution in [0.4, 0.5) is 0 Å². The van der Waals surface area contributed by atoms with Crippen molar-refractivity contribution in [3.63, 3.8) is 0 Å². The van der Waals surface area contributed by atoms with E-state index in [-0.39, 0.29) is 37.9 Å². The third-order valence-electron chi connectivity index (χ3n) is 4.76. The summed E-state index contributed by atoms with van der Waals surface area (Å²) in [6.45, 7) is 2.58. The molecule has 176 valence electrons. The van der Waals surface area contributed by atoms with Gasteiger partial charge in [0, 0.05) is 6.54 Å². The molecule has 0 rings (SSSR count). The molecule has 0 aromatic carbocycles. The number of amides is 1. The third-order valence-corrected chi connectivity index (χ3v) is 4.76. The van der Waals surface area contributed by atoms with Crippen LogP contribution >= 0.6 is 24.8 Å². The van der Waals surface area contributed by atoms with Gasteiger partial charge in [-0.3, -0.25) is 9.59 Å². The van der Waals surface area contributed by atoms with Crippen LogP contribution in [-0.2, 0) is 14.3 Å². The van der Waals surface area contributed by atoms with Gasteiger partial charge in [0.05, 0.1) is 12.6 Å². The molecule has 0 aromatic heterocycles. The number of carbonyl (C=O) groups excluding carboxylic acids is 2. The quantitative estimate of drug-likeness (QED) is 0.198. The first-order chi connectivity index (χ1) is 13.1. The molecular weight excluding hydrogens is 413 g/mol. The van der Waals surface area contributed by atoms with Crippen LogP contribution in [0.1, 0.15) is 96.8 Å². The first-order valence-corrected chi connectivity index (χ1v) is 11.0. The highest BCUT2D eigenvalue weighted by atomic mass is 35.5. The topological polar surface area (TPSA) is 107 Å². The van der Waals surface area contributed by atoms with Gasteiger partial charge in [-0.05, 0) is 6.42 Å². The zero-order chi connectivity index (χ0) is 20.2. The summed E-state index contributed by atoms with van der Waals surface area (Å²) in [5, 5.41) is 2.42. The second-order valence-corrected chi connectivity index (χ2v) is 7.38. The van der Waals surface area contributed by atoms with Crippen LogP contribution < -0.4 is 16.8 Å². The summed E-state index contributed by atoms with van der Waals surface area (Å²) in [6.07, 6.45) is 18.1. The van der Waals surface area contributed by atoms with Gasteiger partial charge < -0.3 is 21.5 Å². The first kappa shape index (κ1) is 33.1. The molecule has 0 spiro atoms. The molecule has 8 heteroatoms. The fourth-order valence-electron chi connectivity index (χ4n) is 2.93. The minimum absolute atomic E-state index is 0. The molecule has 1 amide bonds. The number of hydrogen-bond donors (Lipinski definition) is 3. The zero-order valence-electron chi connectivity index (χ0n) is 18.3. The van der Waals surface area contributed by atoms with E-state index in [1.165, 1.54) is 77.0 Å². The van der Waals surface area contributed by atoms with Gasteiger partial charge >= 0.3 is 5.97 Å². The van der Waals surface area contributed by atoms with Gasteiger partial charge in [-0.25, -0.2) is 0 Å². The van der Waals surface area contributed by atoms with Crippen LogP contribution in [0, 0.1) is 0 Å². The maximum atomic E-state index is 11.5. The van der Waals surface area contributed by atoms with Gasteiger partial charge in [-0.15, -0.1) is 24.8 Å². The van der Waals surface area contributed by atoms with Gasteiger partial charge in [0.15, 0.2) is 0 Å². The summed E-state index contributed by atoms with van der Waals surface area (Å²) in [7, 11) is 0. The molecule has 0 unspecified atom stereocenters. The van der Waals surface area contributed by atoms with E-state index in [4.69, 9.17) is 16.2 Å². The van der Waals surface area contributed by atoms with E-state index in [0.717, 1.165) is 12.8 Å². The Balaban J connectivity index is -0.00000338. The van der Waals surface area contributed by atoms with Crippen molar-refractivity contribution >= 4 is 36.7 Å². The SMILES string of the molecule is CCCCCCCCCCCCCCCCOC(=O)CNC(=O)[C@@H](N)CN.Cl.Cl. The van der Waals surface area contributed by atoms with Crippen molar-refractivity contribution < 1.29 is 14.3 Å². The van der Waals surface area contributed by atoms with Crippen molar-refractivity contribution in [3.05, 3.63) is 0 Å². The van der Waals surface area contributed by atoms with Crippen LogP contribution in [-0.4, -0.2) is 37.6 Å². The van der Waals surface area contributed by atoms with E-state index in [0.29, 0.717) is 6.61 Å². The van der Waals surface area contributed by atoms with Gasteiger partial charge in [0.2, 0.25) is 5.91 Å². The minimum Gasteiger partial charge on any atom is -0.464 e. The van der Waals surface area contributed by atoms with Crippen molar-refractivity contribution in [3.8, 4) is 0 Å². The van der Waals surface area contributed by atoms with Crippen molar-refractivity contribution in [2.75, 3.05) is 19.7 Å². The lowest BCUT2D eigenvalue weighted by Crippen LogP contribution is -2.46. The minimum atomic E-state index is -0.774. The normalized spacial score (nSPS) is 11.1. The van der Waals surface area contributed by atoms with Crippen LogP contribution in [0.25, 0.3) is 0 Å². The largest absolute Gasteiger partial charge is 0.464 e. The zero-order valence-corrected chi connectivity index (χ0v) is 19.9. The summed E-state index contributed by atoms with van der Waals surface area (Å²) >= 11 is 0. The first-order valence-electron chi connectivity index (χ1n) is 11.0. The predicted molar refractivity (Wildman–Crippen MR) is 126 cm³/mol. The Morgan fingerprint density at radius 3 is 1.62 bits per heavy atom. The standard InChI is InChI=1S/C21H43N3O3.2ClH/c1-2-3-4-5-6-7-8-9-10-11-12-13-14-15-16-27-20(25)18-24-21(26)19(23)17-22;;/h19H,2-18,22-23H2,1H3,(H,24,26);2*1H/t19-;;/m0../s1. The van der Waals surface area contributed by atoms with E-state index in [2.05, 4.69) is 12.2 Å². The number of nitrogens with two attached hydrogens (primary N) is 2. The highest BCUT2D eigenvalue weighted by molar-refractivity contribution is 5.86. The number of ether oxygens (including phenoxy) is 1. The molecular formula is C21H45Cl2N3O3. The monoisotopic (exact) mass is 457 g/mol. The van der Waals surface area contributed by atoms with Gasteiger partial charge in [0.25, 0.3) is 0 Å². The maximum absolute atomic E-state index is 11.5. The molecule has 0 heterocycles. The van der Waals surface area contributed by atoms with E-state index in [9.17, 15) is 9.59 Å². The number of hydrogen-bond acceptors (Lipinski definition) is 5. The molecule has 5 N–H and O–H groups in total. The van der Waals surface area contributed by atoms with Crippen molar-refractivity contribution in [1.82, 2.24) is 5.32 Å². The van der Waals surface area contributed by atoms with Crippen LogP contribution in [0.3, 0.4) is 0 Å². The number of nitrogens with one attached hydrogen (secondary N) is 1. The molecule has 0 fully saturated rings. The fraction of sp³-hybridized carbons (Fsp3) is 0.905. The summed E-state index contributed by atoms with van der Waals surface area (Å²) in [5.74, 6) is -0.854. The molecule has 1 atom stereocenters. The Hall–Kier alpha value is -0.560. The fourth-order valence-corrected chi connectivity index (χ4v) is 2.93. The molecule has 0 aliphatic carbocycles. The molecule has 0 saturated heterocycles. The molecule has 0 saturated carbocycles. The van der Waals surface area contributed by atoms with Crippen LogP contribution in [0.5, 0.6) is 0 Å². The average molecular weight is 459 g/mol. The lowest BCUT2D eigenvalue weighted by atomic mass is 10.0. The number of carbonyl (C=O) groups is 2.